The fourth-order valence-electron chi connectivity index (χ4n) is 4.21. The Hall–Kier alpha value is -3.10. The molecular weight excluding hydrogens is 484 g/mol. The Balaban J connectivity index is 3.60. The van der Waals surface area contributed by atoms with Gasteiger partial charge in [0.25, 0.3) is 0 Å². The summed E-state index contributed by atoms with van der Waals surface area (Å²) in [6.07, 6.45) is 2.23. The van der Waals surface area contributed by atoms with Crippen molar-refractivity contribution < 1.29 is 23.9 Å². The molecule has 1 rings (SSSR count). The van der Waals surface area contributed by atoms with Gasteiger partial charge in [-0.05, 0) is 67.4 Å². The van der Waals surface area contributed by atoms with Gasteiger partial charge in [0.2, 0.25) is 17.7 Å². The van der Waals surface area contributed by atoms with Crippen LogP contribution in [0.15, 0.2) is 18.2 Å². The van der Waals surface area contributed by atoms with Crippen molar-refractivity contribution in [1.29, 1.82) is 0 Å². The van der Waals surface area contributed by atoms with Gasteiger partial charge in [0.15, 0.2) is 0 Å². The summed E-state index contributed by atoms with van der Waals surface area (Å²) in [5.74, 6) is -1.67. The molecule has 0 radical (unpaired) electrons. The van der Waals surface area contributed by atoms with Crippen molar-refractivity contribution in [2.45, 2.75) is 118 Å². The summed E-state index contributed by atoms with van der Waals surface area (Å²) < 4.78 is 5.33. The largest absolute Gasteiger partial charge is 0.444 e. The highest BCUT2D eigenvalue weighted by molar-refractivity contribution is 5.94. The zero-order valence-electron chi connectivity index (χ0n) is 24.7. The maximum atomic E-state index is 14.1. The first-order valence-electron chi connectivity index (χ1n) is 13.4. The van der Waals surface area contributed by atoms with Crippen LogP contribution in [0.3, 0.4) is 0 Å². The lowest BCUT2D eigenvalue weighted by Crippen LogP contribution is -2.55. The molecule has 0 bridgehead atoms. The number of carbonyl (C=O) groups is 4. The van der Waals surface area contributed by atoms with Crippen molar-refractivity contribution in [2.75, 3.05) is 6.54 Å². The van der Waals surface area contributed by atoms with Crippen LogP contribution < -0.4 is 16.4 Å². The Morgan fingerprint density at radius 1 is 0.947 bits per heavy atom. The molecule has 9 nitrogen and oxygen atoms in total. The van der Waals surface area contributed by atoms with Crippen LogP contribution in [0.2, 0.25) is 0 Å². The van der Waals surface area contributed by atoms with E-state index in [4.69, 9.17) is 10.5 Å². The molecule has 0 aliphatic carbocycles. The molecule has 1 aromatic rings. The molecule has 4 amide bonds. The third-order valence-electron chi connectivity index (χ3n) is 5.55. The molecule has 0 heterocycles. The topological polar surface area (TPSA) is 131 Å². The number of amides is 4. The van der Waals surface area contributed by atoms with Gasteiger partial charge in [0, 0.05) is 12.1 Å². The van der Waals surface area contributed by atoms with Crippen molar-refractivity contribution in [2.24, 2.45) is 5.73 Å². The summed E-state index contributed by atoms with van der Waals surface area (Å²) in [6.45, 7) is 16.9. The molecule has 0 saturated heterocycles. The predicted molar refractivity (Wildman–Crippen MR) is 149 cm³/mol. The Labute approximate surface area is 228 Å². The van der Waals surface area contributed by atoms with Crippen molar-refractivity contribution >= 4 is 23.8 Å². The number of primary amides is 1. The zero-order chi connectivity index (χ0) is 29.3. The Kier molecular flexibility index (Phi) is 12.3. The summed E-state index contributed by atoms with van der Waals surface area (Å²) >= 11 is 0. The fourth-order valence-corrected chi connectivity index (χ4v) is 4.21. The van der Waals surface area contributed by atoms with E-state index in [0.717, 1.165) is 30.4 Å². The highest BCUT2D eigenvalue weighted by Gasteiger charge is 2.37. The van der Waals surface area contributed by atoms with E-state index >= 15 is 0 Å². The number of nitrogens with one attached hydrogen (secondary N) is 2. The van der Waals surface area contributed by atoms with Gasteiger partial charge in [-0.3, -0.25) is 14.4 Å². The number of rotatable bonds is 12. The minimum Gasteiger partial charge on any atom is -0.444 e. The van der Waals surface area contributed by atoms with Gasteiger partial charge < -0.3 is 26.0 Å². The molecule has 0 aliphatic heterocycles. The maximum Gasteiger partial charge on any atom is 0.408 e. The van der Waals surface area contributed by atoms with E-state index in [1.807, 2.05) is 52.8 Å². The number of benzene rings is 1. The Morgan fingerprint density at radius 3 is 2.00 bits per heavy atom. The molecule has 1 aromatic carbocycles. The maximum absolute atomic E-state index is 14.1. The van der Waals surface area contributed by atoms with Crippen LogP contribution in [0.25, 0.3) is 0 Å². The Bertz CT molecular complexity index is 958. The van der Waals surface area contributed by atoms with Crippen LogP contribution in [0.5, 0.6) is 0 Å². The second-order valence-corrected chi connectivity index (χ2v) is 12.0. The molecular formula is C29H48N4O5. The SMILES string of the molecule is CCCCCCN(C(=O)C(CC(N)=O)NC(=O)OC(C)(C)C)C(C(=O)NC(C)(C)C)c1cc(C)cc(C)c1. The molecule has 214 valence electrons. The first-order chi connectivity index (χ1) is 17.4. The third kappa shape index (κ3) is 12.0. The number of alkyl carbamates (subject to hydrolysis) is 1. The monoisotopic (exact) mass is 532 g/mol. The molecule has 0 aromatic heterocycles. The second-order valence-electron chi connectivity index (χ2n) is 12.0. The van der Waals surface area contributed by atoms with E-state index < -0.39 is 47.6 Å². The second kappa shape index (κ2) is 14.2. The van der Waals surface area contributed by atoms with E-state index in [-0.39, 0.29) is 12.5 Å². The average Bonchev–Trinajstić information content (AvgIpc) is 2.71. The van der Waals surface area contributed by atoms with Crippen molar-refractivity contribution in [1.82, 2.24) is 15.5 Å². The van der Waals surface area contributed by atoms with Gasteiger partial charge in [-0.2, -0.15) is 0 Å². The van der Waals surface area contributed by atoms with E-state index in [0.29, 0.717) is 12.0 Å². The predicted octanol–water partition coefficient (Wildman–Crippen LogP) is 4.44. The number of unbranched alkanes of at least 4 members (excludes halogenated alkanes) is 3. The standard InChI is InChI=1S/C29H48N4O5/c1-10-11-12-13-14-33(26(36)22(18-23(30)34)31-27(37)38-29(7,8)9)24(25(35)32-28(4,5)6)21-16-19(2)15-20(3)17-21/h15-17,22,24H,10-14,18H2,1-9H3,(H2,30,34)(H,31,37)(H,32,35). The highest BCUT2D eigenvalue weighted by Crippen LogP contribution is 2.27. The number of aryl methyl sites for hydroxylation is 2. The highest BCUT2D eigenvalue weighted by atomic mass is 16.6. The molecule has 2 atom stereocenters. The Morgan fingerprint density at radius 2 is 1.53 bits per heavy atom. The summed E-state index contributed by atoms with van der Waals surface area (Å²) in [5, 5.41) is 5.53. The molecule has 0 fully saturated rings. The minimum absolute atomic E-state index is 0.263. The van der Waals surface area contributed by atoms with Crippen LogP contribution in [0, 0.1) is 13.8 Å². The van der Waals surface area contributed by atoms with Crippen molar-refractivity contribution in [3.8, 4) is 0 Å². The van der Waals surface area contributed by atoms with Gasteiger partial charge in [0.05, 0.1) is 6.42 Å². The van der Waals surface area contributed by atoms with Crippen LogP contribution in [-0.4, -0.2) is 52.4 Å². The smallest absolute Gasteiger partial charge is 0.408 e. The molecule has 9 heteroatoms. The van der Waals surface area contributed by atoms with Gasteiger partial charge in [-0.25, -0.2) is 4.79 Å². The zero-order valence-corrected chi connectivity index (χ0v) is 24.7. The molecule has 38 heavy (non-hydrogen) atoms. The summed E-state index contributed by atoms with van der Waals surface area (Å²) in [7, 11) is 0. The van der Waals surface area contributed by atoms with E-state index in [2.05, 4.69) is 17.6 Å². The lowest BCUT2D eigenvalue weighted by atomic mass is 9.96. The summed E-state index contributed by atoms with van der Waals surface area (Å²) in [5.41, 5.74) is 6.67. The van der Waals surface area contributed by atoms with Gasteiger partial charge in [0.1, 0.15) is 17.7 Å². The fraction of sp³-hybridized carbons (Fsp3) is 0.655. The number of nitrogens with two attached hydrogens (primary N) is 1. The summed E-state index contributed by atoms with van der Waals surface area (Å²) in [6, 6.07) is 3.50. The lowest BCUT2D eigenvalue weighted by molar-refractivity contribution is -0.144. The lowest BCUT2D eigenvalue weighted by Gasteiger charge is -2.36. The summed E-state index contributed by atoms with van der Waals surface area (Å²) in [4.78, 5) is 53.8. The van der Waals surface area contributed by atoms with Crippen molar-refractivity contribution in [3.63, 3.8) is 0 Å². The van der Waals surface area contributed by atoms with E-state index in [1.165, 1.54) is 4.90 Å². The van der Waals surface area contributed by atoms with E-state index in [1.54, 1.807) is 20.8 Å². The third-order valence-corrected chi connectivity index (χ3v) is 5.55. The van der Waals surface area contributed by atoms with Crippen LogP contribution in [0.1, 0.15) is 103 Å². The first-order valence-corrected chi connectivity index (χ1v) is 13.4. The van der Waals surface area contributed by atoms with Gasteiger partial charge in [-0.1, -0.05) is 55.5 Å². The normalized spacial score (nSPS) is 13.3. The molecule has 0 spiro atoms. The number of nitrogens with zero attached hydrogens (tertiary/aromatic N) is 1. The number of hydrogen-bond donors (Lipinski definition) is 3. The van der Waals surface area contributed by atoms with Crippen LogP contribution in [0.4, 0.5) is 4.79 Å². The van der Waals surface area contributed by atoms with Crippen LogP contribution >= 0.6 is 0 Å². The van der Waals surface area contributed by atoms with E-state index in [9.17, 15) is 19.2 Å². The minimum atomic E-state index is -1.29. The average molecular weight is 533 g/mol. The molecule has 2 unspecified atom stereocenters. The number of carbonyl (C=O) groups excluding carboxylic acids is 4. The van der Waals surface area contributed by atoms with Crippen molar-refractivity contribution in [3.05, 3.63) is 34.9 Å². The molecule has 0 aliphatic rings. The van der Waals surface area contributed by atoms with Gasteiger partial charge in [-0.15, -0.1) is 0 Å². The molecule has 4 N–H and O–H groups in total. The number of hydrogen-bond acceptors (Lipinski definition) is 5. The first kappa shape index (κ1) is 32.9. The van der Waals surface area contributed by atoms with Crippen LogP contribution in [-0.2, 0) is 19.1 Å². The van der Waals surface area contributed by atoms with Gasteiger partial charge >= 0.3 is 6.09 Å². The molecule has 0 saturated carbocycles. The quantitative estimate of drug-likeness (QED) is 0.343. The number of ether oxygens (including phenoxy) is 1.